The highest BCUT2D eigenvalue weighted by molar-refractivity contribution is 6.15. The van der Waals surface area contributed by atoms with E-state index in [4.69, 9.17) is 0 Å². The number of allylic oxidation sites excluding steroid dienone is 4. The van der Waals surface area contributed by atoms with Gasteiger partial charge in [-0.25, -0.2) is 0 Å². The van der Waals surface area contributed by atoms with E-state index in [1.165, 1.54) is 54.9 Å². The van der Waals surface area contributed by atoms with Crippen LogP contribution in [-0.2, 0) is 6.42 Å². The normalized spacial score (nSPS) is 12.1. The van der Waals surface area contributed by atoms with Crippen LogP contribution in [0.25, 0.3) is 38.2 Å². The molecule has 0 amide bonds. The van der Waals surface area contributed by atoms with Crippen LogP contribution in [0, 0.1) is 6.92 Å². The molecular formula is C33H28. The van der Waals surface area contributed by atoms with Crippen molar-refractivity contribution >= 4 is 27.1 Å². The Hall–Kier alpha value is -3.90. The average Bonchev–Trinajstić information content (AvgIpc) is 2.86. The molecule has 5 aromatic carbocycles. The van der Waals surface area contributed by atoms with E-state index in [1.807, 2.05) is 0 Å². The van der Waals surface area contributed by atoms with E-state index in [0.29, 0.717) is 0 Å². The van der Waals surface area contributed by atoms with Crippen LogP contribution in [0.1, 0.15) is 23.6 Å². The molecule has 0 spiro atoms. The fraction of sp³-hybridized carbons (Fsp3) is 0.0909. The van der Waals surface area contributed by atoms with Crippen LogP contribution in [-0.4, -0.2) is 0 Å². The standard InChI is InChI=1S/C33H28/c1-24-20-22-26(23-21-24)25(2)12-6-7-15-28-29-16-8-10-18-31(29)33(27-13-4-3-5-14-27)32-19-11-9-17-30(28)32/h3-14,16-23H,15H2,1-2H3/b7-6-,25-12+. The fourth-order valence-corrected chi connectivity index (χ4v) is 4.67. The van der Waals surface area contributed by atoms with Gasteiger partial charge in [-0.05, 0) is 69.6 Å². The van der Waals surface area contributed by atoms with Crippen LogP contribution in [0.2, 0.25) is 0 Å². The lowest BCUT2D eigenvalue weighted by atomic mass is 9.87. The van der Waals surface area contributed by atoms with E-state index in [1.54, 1.807) is 0 Å². The average molecular weight is 425 g/mol. The van der Waals surface area contributed by atoms with Crippen LogP contribution in [0.4, 0.5) is 0 Å². The van der Waals surface area contributed by atoms with Crippen LogP contribution in [0.5, 0.6) is 0 Å². The summed E-state index contributed by atoms with van der Waals surface area (Å²) in [5.41, 5.74) is 7.82. The van der Waals surface area contributed by atoms with Gasteiger partial charge in [0.15, 0.2) is 0 Å². The molecule has 0 aliphatic carbocycles. The molecule has 0 unspecified atom stereocenters. The lowest BCUT2D eigenvalue weighted by Gasteiger charge is -2.16. The monoisotopic (exact) mass is 424 g/mol. The van der Waals surface area contributed by atoms with Crippen molar-refractivity contribution < 1.29 is 0 Å². The summed E-state index contributed by atoms with van der Waals surface area (Å²) in [4.78, 5) is 0. The first-order chi connectivity index (χ1) is 16.2. The SMILES string of the molecule is C/C(=C\C=C/Cc1c2ccccc2c(-c2ccccc2)c2ccccc12)c1ccc(C)cc1. The highest BCUT2D eigenvalue weighted by Crippen LogP contribution is 2.39. The molecule has 33 heavy (non-hydrogen) atoms. The molecule has 160 valence electrons. The summed E-state index contributed by atoms with van der Waals surface area (Å²) in [5.74, 6) is 0. The zero-order chi connectivity index (χ0) is 22.6. The minimum absolute atomic E-state index is 0.897. The summed E-state index contributed by atoms with van der Waals surface area (Å²) in [7, 11) is 0. The van der Waals surface area contributed by atoms with Crippen molar-refractivity contribution in [2.75, 3.05) is 0 Å². The third-order valence-electron chi connectivity index (χ3n) is 6.42. The van der Waals surface area contributed by atoms with Crippen molar-refractivity contribution in [3.05, 3.63) is 138 Å². The molecule has 0 saturated carbocycles. The molecule has 0 N–H and O–H groups in total. The lowest BCUT2D eigenvalue weighted by Crippen LogP contribution is -1.92. The predicted octanol–water partition coefficient (Wildman–Crippen LogP) is 9.17. The van der Waals surface area contributed by atoms with Crippen LogP contribution >= 0.6 is 0 Å². The van der Waals surface area contributed by atoms with E-state index in [0.717, 1.165) is 6.42 Å². The molecule has 0 bridgehead atoms. The second-order valence-corrected chi connectivity index (χ2v) is 8.66. The molecule has 0 fully saturated rings. The van der Waals surface area contributed by atoms with Crippen LogP contribution < -0.4 is 0 Å². The Kier molecular flexibility index (Phi) is 5.91. The first-order valence-corrected chi connectivity index (χ1v) is 11.6. The molecule has 0 aliphatic rings. The van der Waals surface area contributed by atoms with Gasteiger partial charge in [0, 0.05) is 0 Å². The maximum atomic E-state index is 2.29. The maximum absolute atomic E-state index is 2.29. The molecule has 0 aromatic heterocycles. The van der Waals surface area contributed by atoms with Crippen molar-refractivity contribution in [1.29, 1.82) is 0 Å². The Labute approximate surface area is 196 Å². The Morgan fingerprint density at radius 2 is 1.18 bits per heavy atom. The molecule has 0 heterocycles. The van der Waals surface area contributed by atoms with Crippen molar-refractivity contribution in [3.63, 3.8) is 0 Å². The van der Waals surface area contributed by atoms with Crippen LogP contribution in [0.3, 0.4) is 0 Å². The van der Waals surface area contributed by atoms with Crippen molar-refractivity contribution in [2.24, 2.45) is 0 Å². The minimum atomic E-state index is 0.897. The number of benzene rings is 5. The van der Waals surface area contributed by atoms with Gasteiger partial charge in [-0.3, -0.25) is 0 Å². The molecule has 0 radical (unpaired) electrons. The number of fused-ring (bicyclic) bond motifs is 2. The number of hydrogen-bond acceptors (Lipinski definition) is 0. The van der Waals surface area contributed by atoms with Crippen LogP contribution in [0.15, 0.2) is 121 Å². The van der Waals surface area contributed by atoms with Gasteiger partial charge in [0.25, 0.3) is 0 Å². The van der Waals surface area contributed by atoms with Gasteiger partial charge in [0.05, 0.1) is 0 Å². The van der Waals surface area contributed by atoms with Gasteiger partial charge in [0.2, 0.25) is 0 Å². The summed E-state index contributed by atoms with van der Waals surface area (Å²) in [6.07, 6.45) is 7.60. The molecule has 0 atom stereocenters. The van der Waals surface area contributed by atoms with E-state index >= 15 is 0 Å². The molecule has 0 saturated heterocycles. The van der Waals surface area contributed by atoms with E-state index in [2.05, 4.69) is 135 Å². The van der Waals surface area contributed by atoms with Gasteiger partial charge in [-0.1, -0.05) is 127 Å². The lowest BCUT2D eigenvalue weighted by molar-refractivity contribution is 1.33. The van der Waals surface area contributed by atoms with Crippen molar-refractivity contribution in [3.8, 4) is 11.1 Å². The van der Waals surface area contributed by atoms with E-state index in [-0.39, 0.29) is 0 Å². The smallest absolute Gasteiger partial charge is 0.00266 e. The minimum Gasteiger partial charge on any atom is -0.0801 e. The van der Waals surface area contributed by atoms with E-state index < -0.39 is 0 Å². The molecule has 5 rings (SSSR count). The molecule has 0 heteroatoms. The summed E-state index contributed by atoms with van der Waals surface area (Å²) >= 11 is 0. The molecule has 0 aliphatic heterocycles. The summed E-state index contributed by atoms with van der Waals surface area (Å²) in [6.45, 7) is 4.30. The first-order valence-electron chi connectivity index (χ1n) is 11.6. The number of hydrogen-bond donors (Lipinski definition) is 0. The zero-order valence-electron chi connectivity index (χ0n) is 19.3. The fourth-order valence-electron chi connectivity index (χ4n) is 4.67. The topological polar surface area (TPSA) is 0 Å². The molecule has 5 aromatic rings. The molecular weight excluding hydrogens is 396 g/mol. The summed E-state index contributed by atoms with van der Waals surface area (Å²) < 4.78 is 0. The quantitative estimate of drug-likeness (QED) is 0.195. The second kappa shape index (κ2) is 9.30. The zero-order valence-corrected chi connectivity index (χ0v) is 19.3. The number of rotatable bonds is 5. The maximum Gasteiger partial charge on any atom is -0.00266 e. The third kappa shape index (κ3) is 4.25. The highest BCUT2D eigenvalue weighted by Gasteiger charge is 2.13. The van der Waals surface area contributed by atoms with Gasteiger partial charge in [-0.15, -0.1) is 0 Å². The highest BCUT2D eigenvalue weighted by atomic mass is 14.2. The van der Waals surface area contributed by atoms with Gasteiger partial charge < -0.3 is 0 Å². The first kappa shape index (κ1) is 21.0. The Bertz CT molecular complexity index is 1410. The molecule has 0 nitrogen and oxygen atoms in total. The van der Waals surface area contributed by atoms with E-state index in [9.17, 15) is 0 Å². The Morgan fingerprint density at radius 1 is 0.636 bits per heavy atom. The number of aryl methyl sites for hydroxylation is 1. The Balaban J connectivity index is 1.58. The van der Waals surface area contributed by atoms with Gasteiger partial charge in [-0.2, -0.15) is 0 Å². The second-order valence-electron chi connectivity index (χ2n) is 8.66. The van der Waals surface area contributed by atoms with Crippen molar-refractivity contribution in [1.82, 2.24) is 0 Å². The van der Waals surface area contributed by atoms with Gasteiger partial charge >= 0.3 is 0 Å². The largest absolute Gasteiger partial charge is 0.0801 e. The van der Waals surface area contributed by atoms with Gasteiger partial charge in [0.1, 0.15) is 0 Å². The third-order valence-corrected chi connectivity index (χ3v) is 6.42. The summed E-state index contributed by atoms with van der Waals surface area (Å²) in [6, 6.07) is 37.2. The van der Waals surface area contributed by atoms with Crippen molar-refractivity contribution in [2.45, 2.75) is 20.3 Å². The Morgan fingerprint density at radius 3 is 1.79 bits per heavy atom. The summed E-state index contributed by atoms with van der Waals surface area (Å²) in [5, 5.41) is 5.30. The predicted molar refractivity (Wildman–Crippen MR) is 145 cm³/mol.